The monoisotopic (exact) mass is 504 g/mol. The summed E-state index contributed by atoms with van der Waals surface area (Å²) in [6.07, 6.45) is 0. The van der Waals surface area contributed by atoms with Gasteiger partial charge in [-0.1, -0.05) is 0 Å². The highest BCUT2D eigenvalue weighted by molar-refractivity contribution is 6.95. The zero-order valence-corrected chi connectivity index (χ0v) is 16.8. The van der Waals surface area contributed by atoms with E-state index in [1.165, 1.54) is 0 Å². The number of methoxy groups -OCH3 is 1. The Labute approximate surface area is 180 Å². The van der Waals surface area contributed by atoms with Crippen LogP contribution in [0.5, 0.6) is 5.75 Å². The molecule has 0 aromatic heterocycles. The maximum atomic E-state index is 14.9. The largest absolute Gasteiger partial charge is 0.491 e. The lowest BCUT2D eigenvalue weighted by Crippen LogP contribution is -2.60. The van der Waals surface area contributed by atoms with Crippen LogP contribution in [0.4, 0.5) is 52.7 Å². The molecule has 0 radical (unpaired) electrons. The molecule has 3 aromatic rings. The topological polar surface area (TPSA) is 9.23 Å². The van der Waals surface area contributed by atoms with E-state index in [4.69, 9.17) is 0 Å². The predicted octanol–water partition coefficient (Wildman–Crippen LogP) is 3.88. The molecule has 33 heavy (non-hydrogen) atoms. The average molecular weight is 504 g/mol. The van der Waals surface area contributed by atoms with Crippen molar-refractivity contribution < 1.29 is 57.4 Å². The first-order valence-corrected chi connectivity index (χ1v) is 10.1. The molecule has 0 bridgehead atoms. The molecule has 3 rings (SSSR count). The normalized spacial score (nSPS) is 11.2. The van der Waals surface area contributed by atoms with Crippen molar-refractivity contribution in [1.29, 1.82) is 0 Å². The number of halogens is 12. The van der Waals surface area contributed by atoms with Gasteiger partial charge in [0.15, 0.2) is 46.5 Å². The quantitative estimate of drug-likeness (QED) is 0.227. The molecular weight excluding hydrogens is 499 g/mol. The van der Waals surface area contributed by atoms with E-state index in [2.05, 4.69) is 4.74 Å². The molecule has 0 saturated carbocycles. The SMILES string of the molecule is COc1c(F)c(F)c(F)[c]([Al]([c]2c(F)c(F)cc(F)c2F)[c]2c(F)c(F)cc(F)c2F)c1F. The summed E-state index contributed by atoms with van der Waals surface area (Å²) in [6.45, 7) is 0. The maximum absolute atomic E-state index is 14.9. The van der Waals surface area contributed by atoms with Gasteiger partial charge in [0.05, 0.1) is 7.11 Å². The second-order valence-corrected chi connectivity index (χ2v) is 9.00. The van der Waals surface area contributed by atoms with Gasteiger partial charge in [-0.3, -0.25) is 0 Å². The summed E-state index contributed by atoms with van der Waals surface area (Å²) >= 11 is -5.44. The Hall–Kier alpha value is -2.85. The first-order valence-electron chi connectivity index (χ1n) is 8.40. The van der Waals surface area contributed by atoms with Crippen molar-refractivity contribution in [3.05, 3.63) is 81.9 Å². The molecule has 0 saturated heterocycles. The fourth-order valence-corrected chi connectivity index (χ4v) is 6.38. The molecule has 0 aliphatic carbocycles. The molecule has 0 aliphatic rings. The Bertz CT molecular complexity index is 1180. The lowest BCUT2D eigenvalue weighted by molar-refractivity contribution is 0.338. The molecule has 0 spiro atoms. The van der Waals surface area contributed by atoms with Crippen LogP contribution in [0.1, 0.15) is 0 Å². The highest BCUT2D eigenvalue weighted by Gasteiger charge is 2.45. The van der Waals surface area contributed by atoms with Crippen LogP contribution in [0.15, 0.2) is 12.1 Å². The summed E-state index contributed by atoms with van der Waals surface area (Å²) in [5.41, 5.74) is 0. The van der Waals surface area contributed by atoms with E-state index in [0.29, 0.717) is 7.11 Å². The molecule has 0 N–H and O–H groups in total. The maximum Gasteiger partial charge on any atom is 0.413 e. The van der Waals surface area contributed by atoms with Crippen molar-refractivity contribution in [2.24, 2.45) is 0 Å². The molecule has 0 unspecified atom stereocenters. The van der Waals surface area contributed by atoms with Gasteiger partial charge in [0.2, 0.25) is 5.82 Å². The Morgan fingerprint density at radius 3 is 1.12 bits per heavy atom. The van der Waals surface area contributed by atoms with E-state index in [-0.39, 0.29) is 12.1 Å². The lowest BCUT2D eigenvalue weighted by Gasteiger charge is -2.20. The fraction of sp³-hybridized carbons (Fsp3) is 0.0526. The standard InChI is InChI=1S/C7H3F4O.2C6HF4.Al/c1-12-7-4(9)2-3(8)5(10)6(7)11;2*7-3-1-4(8)6(10)2-5(3)9;/h1H3;2*1H;. The number of benzene rings is 3. The number of hydrogen-bond donors (Lipinski definition) is 0. The van der Waals surface area contributed by atoms with Gasteiger partial charge in [-0.2, -0.15) is 4.39 Å². The van der Waals surface area contributed by atoms with E-state index >= 15 is 0 Å². The van der Waals surface area contributed by atoms with Crippen molar-refractivity contribution in [1.82, 2.24) is 0 Å². The first-order chi connectivity index (χ1) is 15.3. The Morgan fingerprint density at radius 1 is 0.455 bits per heavy atom. The predicted molar refractivity (Wildman–Crippen MR) is 90.0 cm³/mol. The third-order valence-electron chi connectivity index (χ3n) is 4.62. The molecular formula is C19H5AlF12O. The van der Waals surface area contributed by atoms with Crippen LogP contribution in [-0.4, -0.2) is 21.3 Å². The molecule has 0 amide bonds. The molecule has 0 fully saturated rings. The van der Waals surface area contributed by atoms with Crippen LogP contribution in [0.3, 0.4) is 0 Å². The molecule has 14 heteroatoms. The van der Waals surface area contributed by atoms with Crippen molar-refractivity contribution in [2.45, 2.75) is 0 Å². The van der Waals surface area contributed by atoms with Gasteiger partial charge in [-0.25, -0.2) is 48.3 Å². The summed E-state index contributed by atoms with van der Waals surface area (Å²) in [7, 11) is 0.519. The summed E-state index contributed by atoms with van der Waals surface area (Å²) in [5.74, 6) is -30.3. The number of rotatable bonds is 4. The summed E-state index contributed by atoms with van der Waals surface area (Å²) in [4.78, 5) is 0. The highest BCUT2D eigenvalue weighted by Crippen LogP contribution is 2.26. The molecule has 3 aromatic carbocycles. The molecule has 0 heterocycles. The highest BCUT2D eigenvalue weighted by atomic mass is 27.2. The van der Waals surface area contributed by atoms with Gasteiger partial charge in [0.25, 0.3) is 0 Å². The zero-order valence-electron chi connectivity index (χ0n) is 15.7. The van der Waals surface area contributed by atoms with Crippen molar-refractivity contribution >= 4 is 27.4 Å². The molecule has 0 atom stereocenters. The molecule has 0 aliphatic heterocycles. The van der Waals surface area contributed by atoms with Gasteiger partial charge < -0.3 is 4.74 Å². The number of ether oxygens (including phenoxy) is 1. The Balaban J connectivity index is 2.65. The molecule has 174 valence electrons. The van der Waals surface area contributed by atoms with Gasteiger partial charge in [-0.05, 0) is 13.3 Å². The summed E-state index contributed by atoms with van der Waals surface area (Å²) in [6, 6.07) is -0.756. The minimum absolute atomic E-state index is 0.378. The average Bonchev–Trinajstić information content (AvgIpc) is 2.75. The summed E-state index contributed by atoms with van der Waals surface area (Å²) in [5, 5.41) is 0. The van der Waals surface area contributed by atoms with Crippen LogP contribution in [0, 0.1) is 69.8 Å². The van der Waals surface area contributed by atoms with Gasteiger partial charge in [-0.15, -0.1) is 0 Å². The van der Waals surface area contributed by atoms with E-state index < -0.39 is 103 Å². The van der Waals surface area contributed by atoms with Crippen LogP contribution in [0.25, 0.3) is 0 Å². The summed E-state index contributed by atoms with van der Waals surface area (Å²) < 4.78 is 169. The van der Waals surface area contributed by atoms with Crippen LogP contribution < -0.4 is 18.0 Å². The third-order valence-corrected chi connectivity index (χ3v) is 7.87. The Kier molecular flexibility index (Phi) is 6.63. The second-order valence-electron chi connectivity index (χ2n) is 6.40. The van der Waals surface area contributed by atoms with Crippen LogP contribution in [0.2, 0.25) is 0 Å². The third kappa shape index (κ3) is 3.81. The van der Waals surface area contributed by atoms with Crippen LogP contribution in [-0.2, 0) is 0 Å². The smallest absolute Gasteiger partial charge is 0.413 e. The number of hydrogen-bond acceptors (Lipinski definition) is 1. The first kappa shape index (κ1) is 24.8. The Morgan fingerprint density at radius 2 is 0.788 bits per heavy atom. The molecule has 1 nitrogen and oxygen atoms in total. The van der Waals surface area contributed by atoms with Crippen molar-refractivity contribution in [3.8, 4) is 5.75 Å². The second kappa shape index (κ2) is 8.83. The lowest BCUT2D eigenvalue weighted by atomic mass is 10.3. The van der Waals surface area contributed by atoms with Gasteiger partial charge >= 0.3 is 14.1 Å². The van der Waals surface area contributed by atoms with E-state index in [1.807, 2.05) is 0 Å². The van der Waals surface area contributed by atoms with E-state index in [0.717, 1.165) is 0 Å². The minimum Gasteiger partial charge on any atom is -0.491 e. The van der Waals surface area contributed by atoms with Crippen molar-refractivity contribution in [2.75, 3.05) is 7.11 Å². The zero-order chi connectivity index (χ0) is 24.9. The van der Waals surface area contributed by atoms with E-state index in [9.17, 15) is 52.7 Å². The fourth-order valence-electron chi connectivity index (χ4n) is 3.19. The van der Waals surface area contributed by atoms with Gasteiger partial charge in [0.1, 0.15) is 23.3 Å². The van der Waals surface area contributed by atoms with Crippen LogP contribution >= 0.6 is 0 Å². The van der Waals surface area contributed by atoms with Crippen molar-refractivity contribution in [3.63, 3.8) is 0 Å². The van der Waals surface area contributed by atoms with E-state index in [1.54, 1.807) is 0 Å². The van der Waals surface area contributed by atoms with Gasteiger partial charge in [0, 0.05) is 12.1 Å². The minimum atomic E-state index is -5.44.